The van der Waals surface area contributed by atoms with E-state index in [1.807, 2.05) is 0 Å². The molecule has 0 aromatic heterocycles. The molecule has 0 aliphatic rings. The molecule has 5 heteroatoms. The first-order chi connectivity index (χ1) is 5.58. The van der Waals surface area contributed by atoms with Crippen molar-refractivity contribution in [3.8, 4) is 0 Å². The van der Waals surface area contributed by atoms with Crippen molar-refractivity contribution in [2.24, 2.45) is 10.2 Å². The smallest absolute Gasteiger partial charge is 0.148 e. The number of halogens is 3. The third kappa shape index (κ3) is 3.14. The molecule has 0 fully saturated rings. The summed E-state index contributed by atoms with van der Waals surface area (Å²) in [4.78, 5) is 0. The molecule has 1 rings (SSSR count). The summed E-state index contributed by atoms with van der Waals surface area (Å²) in [5, 5.41) is 5.13. The largest absolute Gasteiger partial charge is 0.521 e. The Morgan fingerprint density at radius 3 is 2.08 bits per heavy atom. The number of hydrogen-bond acceptors (Lipinski definition) is 2. The van der Waals surface area contributed by atoms with Gasteiger partial charge in [-0.2, -0.15) is 0 Å². The lowest BCUT2D eigenvalue weighted by molar-refractivity contribution is -0.125. The van der Waals surface area contributed by atoms with Gasteiger partial charge in [0.15, 0.2) is 0 Å². The van der Waals surface area contributed by atoms with Gasteiger partial charge in [0.25, 0.3) is 0 Å². The molecule has 0 aliphatic heterocycles. The van der Waals surface area contributed by atoms with E-state index >= 15 is 0 Å². The zero-order chi connectivity index (χ0) is 9.03. The van der Waals surface area contributed by atoms with Crippen LogP contribution in [0, 0.1) is 0 Å². The van der Waals surface area contributed by atoms with Gasteiger partial charge in [-0.3, -0.25) is 0 Å². The van der Waals surface area contributed by atoms with E-state index in [9.17, 15) is 13.2 Å². The predicted molar refractivity (Wildman–Crippen MR) is 37.0 cm³/mol. The first-order valence-electron chi connectivity index (χ1n) is 3.12. The van der Waals surface area contributed by atoms with E-state index < -0.39 is 6.30 Å². The molecule has 64 valence electrons. The molecule has 0 N–H and O–H groups in total. The molecule has 0 unspecified atom stereocenters. The van der Waals surface area contributed by atoms with Crippen molar-refractivity contribution in [3.05, 3.63) is 30.3 Å². The molecule has 0 spiro atoms. The Labute approximate surface area is 66.7 Å². The Hall–Kier alpha value is -1.39. The van der Waals surface area contributed by atoms with Crippen LogP contribution in [0.3, 0.4) is 0 Å². The van der Waals surface area contributed by atoms with Crippen molar-refractivity contribution in [2.75, 3.05) is 0 Å². The molecule has 1 aromatic rings. The lowest BCUT2D eigenvalue weighted by Gasteiger charge is -1.94. The van der Waals surface area contributed by atoms with E-state index in [4.69, 9.17) is 0 Å². The van der Waals surface area contributed by atoms with Crippen LogP contribution >= 0.6 is 0 Å². The zero-order valence-electron chi connectivity index (χ0n) is 5.92. The number of rotatable bonds is 1. The summed E-state index contributed by atoms with van der Waals surface area (Å²) >= 11 is 0. The second-order valence-corrected chi connectivity index (χ2v) is 2.00. The van der Waals surface area contributed by atoms with Crippen LogP contribution in [0.25, 0.3) is 0 Å². The van der Waals surface area contributed by atoms with Gasteiger partial charge < -0.3 is 0 Å². The van der Waals surface area contributed by atoms with Crippen LogP contribution < -0.4 is 0 Å². The number of alkyl halides is 3. The standard InChI is InChI=1S/C7H5F3N2/c8-7(9,10)12-11-6-4-2-1-3-5-6/h1-5H/b12-11-. The first-order valence-corrected chi connectivity index (χ1v) is 3.12. The molecular weight excluding hydrogens is 169 g/mol. The van der Waals surface area contributed by atoms with Crippen LogP contribution in [0.4, 0.5) is 18.9 Å². The molecule has 0 bridgehead atoms. The molecule has 0 saturated carbocycles. The summed E-state index contributed by atoms with van der Waals surface area (Å²) in [6.07, 6.45) is -4.59. The minimum absolute atomic E-state index is 0.190. The number of nitrogens with zero attached hydrogens (tertiary/aromatic N) is 2. The molecule has 0 saturated heterocycles. The Balaban J connectivity index is 2.71. The Morgan fingerprint density at radius 2 is 1.58 bits per heavy atom. The topological polar surface area (TPSA) is 24.7 Å². The summed E-state index contributed by atoms with van der Waals surface area (Å²) in [5.41, 5.74) is 0.190. The summed E-state index contributed by atoms with van der Waals surface area (Å²) in [5.74, 6) is 0. The molecule has 12 heavy (non-hydrogen) atoms. The van der Waals surface area contributed by atoms with Gasteiger partial charge in [0.05, 0.1) is 5.69 Å². The highest BCUT2D eigenvalue weighted by Gasteiger charge is 2.26. The second kappa shape index (κ2) is 3.34. The maximum absolute atomic E-state index is 11.5. The van der Waals surface area contributed by atoms with Crippen molar-refractivity contribution in [1.82, 2.24) is 0 Å². The Kier molecular flexibility index (Phi) is 2.42. The first kappa shape index (κ1) is 8.70. The normalized spacial score (nSPS) is 12.2. The maximum atomic E-state index is 11.5. The third-order valence-electron chi connectivity index (χ3n) is 1.04. The quantitative estimate of drug-likeness (QED) is 0.461. The minimum atomic E-state index is -4.59. The van der Waals surface area contributed by atoms with Gasteiger partial charge in [-0.05, 0) is 12.1 Å². The lowest BCUT2D eigenvalue weighted by atomic mass is 10.3. The van der Waals surface area contributed by atoms with Crippen molar-refractivity contribution >= 4 is 5.69 Å². The summed E-state index contributed by atoms with van der Waals surface area (Å²) in [6, 6.07) is 7.74. The molecule has 1 aromatic carbocycles. The summed E-state index contributed by atoms with van der Waals surface area (Å²) in [7, 11) is 0. The summed E-state index contributed by atoms with van der Waals surface area (Å²) < 4.78 is 34.4. The van der Waals surface area contributed by atoms with E-state index in [2.05, 4.69) is 10.2 Å². The van der Waals surface area contributed by atoms with Crippen LogP contribution in [0.15, 0.2) is 40.6 Å². The van der Waals surface area contributed by atoms with Gasteiger partial charge in [-0.25, -0.2) is 0 Å². The maximum Gasteiger partial charge on any atom is 0.521 e. The monoisotopic (exact) mass is 174 g/mol. The van der Waals surface area contributed by atoms with Crippen LogP contribution in [-0.2, 0) is 0 Å². The fraction of sp³-hybridized carbons (Fsp3) is 0.143. The van der Waals surface area contributed by atoms with Crippen molar-refractivity contribution in [1.29, 1.82) is 0 Å². The van der Waals surface area contributed by atoms with Crippen LogP contribution in [0.5, 0.6) is 0 Å². The van der Waals surface area contributed by atoms with Crippen LogP contribution in [-0.4, -0.2) is 6.30 Å². The third-order valence-corrected chi connectivity index (χ3v) is 1.04. The predicted octanol–water partition coefficient (Wildman–Crippen LogP) is 3.29. The average Bonchev–Trinajstić information content (AvgIpc) is 2.02. The van der Waals surface area contributed by atoms with E-state index in [0.717, 1.165) is 0 Å². The zero-order valence-corrected chi connectivity index (χ0v) is 5.92. The second-order valence-electron chi connectivity index (χ2n) is 2.00. The lowest BCUT2D eigenvalue weighted by Crippen LogP contribution is -1.99. The fourth-order valence-electron chi connectivity index (χ4n) is 0.609. The average molecular weight is 174 g/mol. The highest BCUT2D eigenvalue weighted by atomic mass is 19.4. The minimum Gasteiger partial charge on any atom is -0.148 e. The van der Waals surface area contributed by atoms with Crippen molar-refractivity contribution < 1.29 is 13.2 Å². The van der Waals surface area contributed by atoms with Gasteiger partial charge in [0, 0.05) is 0 Å². The number of azo groups is 1. The highest BCUT2D eigenvalue weighted by Crippen LogP contribution is 2.20. The Bertz CT molecular complexity index is 266. The van der Waals surface area contributed by atoms with E-state index in [1.54, 1.807) is 18.2 Å². The van der Waals surface area contributed by atoms with E-state index in [1.165, 1.54) is 12.1 Å². The molecule has 0 radical (unpaired) electrons. The van der Waals surface area contributed by atoms with Gasteiger partial charge >= 0.3 is 6.30 Å². The molecule has 0 amide bonds. The van der Waals surface area contributed by atoms with Crippen LogP contribution in [0.1, 0.15) is 0 Å². The molecule has 0 heterocycles. The SMILES string of the molecule is FC(F)(F)/N=N\c1ccccc1. The number of benzene rings is 1. The van der Waals surface area contributed by atoms with Crippen LogP contribution in [0.2, 0.25) is 0 Å². The highest BCUT2D eigenvalue weighted by molar-refractivity contribution is 5.34. The van der Waals surface area contributed by atoms with Gasteiger partial charge in [0.2, 0.25) is 0 Å². The van der Waals surface area contributed by atoms with Crippen molar-refractivity contribution in [3.63, 3.8) is 0 Å². The number of hydrogen-bond donors (Lipinski definition) is 0. The van der Waals surface area contributed by atoms with E-state index in [0.29, 0.717) is 0 Å². The van der Waals surface area contributed by atoms with Gasteiger partial charge in [-0.15, -0.1) is 18.3 Å². The van der Waals surface area contributed by atoms with E-state index in [-0.39, 0.29) is 5.69 Å². The molecule has 0 aliphatic carbocycles. The Morgan fingerprint density at radius 1 is 1.00 bits per heavy atom. The molecular formula is C7H5F3N2. The van der Waals surface area contributed by atoms with Gasteiger partial charge in [-0.1, -0.05) is 23.3 Å². The summed E-state index contributed by atoms with van der Waals surface area (Å²) in [6.45, 7) is 0. The molecule has 2 nitrogen and oxygen atoms in total. The van der Waals surface area contributed by atoms with Gasteiger partial charge in [0.1, 0.15) is 0 Å². The fourth-order valence-corrected chi connectivity index (χ4v) is 0.609. The van der Waals surface area contributed by atoms with Crippen molar-refractivity contribution in [2.45, 2.75) is 6.30 Å². The molecule has 0 atom stereocenters.